The molecule has 4 aromatic rings. The molecule has 192 valence electrons. The average Bonchev–Trinajstić information content (AvgIpc) is 2.93. The summed E-state index contributed by atoms with van der Waals surface area (Å²) in [4.78, 5) is 24.7. The summed E-state index contributed by atoms with van der Waals surface area (Å²) >= 11 is 3.40. The lowest BCUT2D eigenvalue weighted by Gasteiger charge is -2.09. The van der Waals surface area contributed by atoms with Crippen LogP contribution >= 0.6 is 15.9 Å². The highest BCUT2D eigenvalue weighted by molar-refractivity contribution is 9.10. The Morgan fingerprint density at radius 1 is 0.868 bits per heavy atom. The normalized spacial score (nSPS) is 10.7. The fourth-order valence-electron chi connectivity index (χ4n) is 3.29. The lowest BCUT2D eigenvalue weighted by Crippen LogP contribution is -2.24. The minimum absolute atomic E-state index is 0.227. The number of hydrazone groups is 1. The van der Waals surface area contributed by atoms with E-state index >= 15 is 0 Å². The Hall–Kier alpha value is -4.43. The van der Waals surface area contributed by atoms with E-state index in [9.17, 15) is 9.59 Å². The Morgan fingerprint density at radius 2 is 1.55 bits per heavy atom. The SMILES string of the molecule is Cc1ccc(C(=O)Oc2ccc(Br)cc2C=NNC(=O)COc2ccc(OCc3ccccc3)cc2)cc1. The molecule has 4 rings (SSSR count). The molecule has 0 saturated carbocycles. The second kappa shape index (κ2) is 13.2. The van der Waals surface area contributed by atoms with Crippen molar-refractivity contribution >= 4 is 34.0 Å². The third-order valence-electron chi connectivity index (χ3n) is 5.30. The second-order valence-electron chi connectivity index (χ2n) is 8.27. The zero-order valence-corrected chi connectivity index (χ0v) is 22.2. The predicted molar refractivity (Wildman–Crippen MR) is 149 cm³/mol. The van der Waals surface area contributed by atoms with Crippen molar-refractivity contribution in [1.82, 2.24) is 5.43 Å². The van der Waals surface area contributed by atoms with Gasteiger partial charge >= 0.3 is 5.97 Å². The Bertz CT molecular complexity index is 1410. The molecule has 0 atom stereocenters. The number of nitrogens with zero attached hydrogens (tertiary/aromatic N) is 1. The number of aryl methyl sites for hydroxylation is 1. The number of carbonyl (C=O) groups excluding carboxylic acids is 2. The van der Waals surface area contributed by atoms with E-state index in [0.29, 0.717) is 35.0 Å². The van der Waals surface area contributed by atoms with Crippen molar-refractivity contribution < 1.29 is 23.8 Å². The number of benzene rings is 4. The van der Waals surface area contributed by atoms with Crippen molar-refractivity contribution in [1.29, 1.82) is 0 Å². The largest absolute Gasteiger partial charge is 0.489 e. The van der Waals surface area contributed by atoms with Crippen LogP contribution in [0.4, 0.5) is 0 Å². The number of amides is 1. The topological polar surface area (TPSA) is 86.2 Å². The third kappa shape index (κ3) is 8.04. The standard InChI is InChI=1S/C30H25BrN2O5/c1-21-7-9-23(10-8-21)30(35)38-28-16-11-25(31)17-24(28)18-32-33-29(34)20-37-27-14-12-26(13-15-27)36-19-22-5-3-2-4-6-22/h2-18H,19-20H2,1H3,(H,33,34). The average molecular weight is 573 g/mol. The molecule has 0 spiro atoms. The summed E-state index contributed by atoms with van der Waals surface area (Å²) in [6.45, 7) is 2.18. The quantitative estimate of drug-likeness (QED) is 0.108. The molecule has 0 unspecified atom stereocenters. The van der Waals surface area contributed by atoms with Gasteiger partial charge < -0.3 is 14.2 Å². The first-order valence-electron chi connectivity index (χ1n) is 11.8. The smallest absolute Gasteiger partial charge is 0.343 e. The van der Waals surface area contributed by atoms with Gasteiger partial charge in [0.2, 0.25) is 0 Å². The molecule has 0 heterocycles. The van der Waals surface area contributed by atoms with E-state index in [1.165, 1.54) is 6.21 Å². The number of nitrogens with one attached hydrogen (secondary N) is 1. The molecular weight excluding hydrogens is 548 g/mol. The van der Waals surface area contributed by atoms with Crippen LogP contribution in [0.25, 0.3) is 0 Å². The van der Waals surface area contributed by atoms with Crippen LogP contribution in [0.1, 0.15) is 27.0 Å². The second-order valence-corrected chi connectivity index (χ2v) is 9.18. The van der Waals surface area contributed by atoms with Gasteiger partial charge in [-0.25, -0.2) is 10.2 Å². The van der Waals surface area contributed by atoms with Gasteiger partial charge in [0.25, 0.3) is 5.91 Å². The van der Waals surface area contributed by atoms with Crippen LogP contribution in [-0.4, -0.2) is 24.7 Å². The third-order valence-corrected chi connectivity index (χ3v) is 5.79. The summed E-state index contributed by atoms with van der Waals surface area (Å²) < 4.78 is 17.6. The number of hydrogen-bond donors (Lipinski definition) is 1. The predicted octanol–water partition coefficient (Wildman–Crippen LogP) is 6.08. The van der Waals surface area contributed by atoms with Gasteiger partial charge in [0.05, 0.1) is 11.8 Å². The lowest BCUT2D eigenvalue weighted by molar-refractivity contribution is -0.123. The van der Waals surface area contributed by atoms with Crippen molar-refractivity contribution in [2.45, 2.75) is 13.5 Å². The molecule has 0 aliphatic carbocycles. The van der Waals surface area contributed by atoms with Crippen LogP contribution in [0.15, 0.2) is 107 Å². The highest BCUT2D eigenvalue weighted by Gasteiger charge is 2.12. The Kier molecular flexibility index (Phi) is 9.26. The maximum Gasteiger partial charge on any atom is 0.343 e. The van der Waals surface area contributed by atoms with Crippen LogP contribution in [-0.2, 0) is 11.4 Å². The van der Waals surface area contributed by atoms with Gasteiger partial charge in [-0.2, -0.15) is 5.10 Å². The number of ether oxygens (including phenoxy) is 3. The lowest BCUT2D eigenvalue weighted by atomic mass is 10.1. The molecule has 1 amide bonds. The molecule has 4 aromatic carbocycles. The Labute approximate surface area is 229 Å². The van der Waals surface area contributed by atoms with Crippen LogP contribution in [0.3, 0.4) is 0 Å². The zero-order valence-electron chi connectivity index (χ0n) is 20.6. The Morgan fingerprint density at radius 3 is 2.26 bits per heavy atom. The number of rotatable bonds is 10. The highest BCUT2D eigenvalue weighted by Crippen LogP contribution is 2.23. The summed E-state index contributed by atoms with van der Waals surface area (Å²) in [6.07, 6.45) is 1.40. The van der Waals surface area contributed by atoms with Crippen molar-refractivity contribution in [2.24, 2.45) is 5.10 Å². The molecule has 0 bridgehead atoms. The van der Waals surface area contributed by atoms with Gasteiger partial charge in [-0.05, 0) is 67.1 Å². The van der Waals surface area contributed by atoms with Gasteiger partial charge in [0.15, 0.2) is 6.61 Å². The maximum atomic E-state index is 12.5. The van der Waals surface area contributed by atoms with Crippen LogP contribution in [0.5, 0.6) is 17.2 Å². The molecule has 0 fully saturated rings. The summed E-state index contributed by atoms with van der Waals surface area (Å²) in [7, 11) is 0. The van der Waals surface area contributed by atoms with Crippen molar-refractivity contribution in [3.8, 4) is 17.2 Å². The van der Waals surface area contributed by atoms with Crippen molar-refractivity contribution in [3.05, 3.63) is 124 Å². The molecular formula is C30H25BrN2O5. The number of carbonyl (C=O) groups is 2. The van der Waals surface area contributed by atoms with Gasteiger partial charge in [-0.1, -0.05) is 64.0 Å². The molecule has 0 aliphatic heterocycles. The number of esters is 1. The fraction of sp³-hybridized carbons (Fsp3) is 0.100. The van der Waals surface area contributed by atoms with Crippen molar-refractivity contribution in [3.63, 3.8) is 0 Å². The monoisotopic (exact) mass is 572 g/mol. The zero-order chi connectivity index (χ0) is 26.7. The molecule has 0 aromatic heterocycles. The van der Waals surface area contributed by atoms with Gasteiger partial charge in [0, 0.05) is 10.0 Å². The molecule has 38 heavy (non-hydrogen) atoms. The molecule has 0 saturated heterocycles. The van der Waals surface area contributed by atoms with E-state index in [4.69, 9.17) is 14.2 Å². The van der Waals surface area contributed by atoms with E-state index < -0.39 is 11.9 Å². The van der Waals surface area contributed by atoms with Gasteiger partial charge in [-0.3, -0.25) is 4.79 Å². The number of hydrogen-bond acceptors (Lipinski definition) is 6. The van der Waals surface area contributed by atoms with E-state index in [1.54, 1.807) is 54.6 Å². The van der Waals surface area contributed by atoms with E-state index in [1.807, 2.05) is 49.4 Å². The van der Waals surface area contributed by atoms with E-state index in [0.717, 1.165) is 15.6 Å². The minimum Gasteiger partial charge on any atom is -0.489 e. The molecule has 0 aliphatic rings. The first kappa shape index (κ1) is 26.6. The molecule has 7 nitrogen and oxygen atoms in total. The first-order chi connectivity index (χ1) is 18.5. The van der Waals surface area contributed by atoms with Crippen LogP contribution in [0, 0.1) is 6.92 Å². The van der Waals surface area contributed by atoms with E-state index in [2.05, 4.69) is 26.5 Å². The summed E-state index contributed by atoms with van der Waals surface area (Å²) in [6, 6.07) is 29.1. The van der Waals surface area contributed by atoms with Gasteiger partial charge in [0.1, 0.15) is 23.9 Å². The summed E-state index contributed by atoms with van der Waals surface area (Å²) in [5, 5.41) is 3.98. The number of halogens is 1. The van der Waals surface area contributed by atoms with Crippen molar-refractivity contribution in [2.75, 3.05) is 6.61 Å². The summed E-state index contributed by atoms with van der Waals surface area (Å²) in [5.41, 5.74) is 5.47. The Balaban J connectivity index is 1.27. The highest BCUT2D eigenvalue weighted by atomic mass is 79.9. The van der Waals surface area contributed by atoms with Crippen LogP contribution < -0.4 is 19.6 Å². The van der Waals surface area contributed by atoms with E-state index in [-0.39, 0.29) is 6.61 Å². The molecule has 0 radical (unpaired) electrons. The molecule has 1 N–H and O–H groups in total. The van der Waals surface area contributed by atoms with Crippen LogP contribution in [0.2, 0.25) is 0 Å². The fourth-order valence-corrected chi connectivity index (χ4v) is 3.67. The minimum atomic E-state index is -0.490. The van der Waals surface area contributed by atoms with Gasteiger partial charge in [-0.15, -0.1) is 0 Å². The summed E-state index contributed by atoms with van der Waals surface area (Å²) in [5.74, 6) is 0.592. The molecule has 8 heteroatoms. The first-order valence-corrected chi connectivity index (χ1v) is 12.6. The maximum absolute atomic E-state index is 12.5.